The standard InChI is InChI=1S/C14H17BrClN3/c1-9(11-5-4-6-12(16)7-11)17-8-13-14(15)10(2)18-19(13)3/h4-7,9,17H,8H2,1-3H3/t9-/m0/s1. The number of nitrogens with zero attached hydrogens (tertiary/aromatic N) is 2. The third-order valence-electron chi connectivity index (χ3n) is 3.19. The van der Waals surface area contributed by atoms with Gasteiger partial charge in [0.1, 0.15) is 0 Å². The predicted octanol–water partition coefficient (Wildman–Crippen LogP) is 4.00. The van der Waals surface area contributed by atoms with Crippen LogP contribution in [-0.2, 0) is 13.6 Å². The van der Waals surface area contributed by atoms with Gasteiger partial charge in [0, 0.05) is 24.7 Å². The van der Waals surface area contributed by atoms with Crippen molar-refractivity contribution < 1.29 is 0 Å². The lowest BCUT2D eigenvalue weighted by Crippen LogP contribution is -2.20. The average Bonchev–Trinajstić information content (AvgIpc) is 2.61. The van der Waals surface area contributed by atoms with Crippen LogP contribution >= 0.6 is 27.5 Å². The SMILES string of the molecule is Cc1nn(C)c(CN[C@@H](C)c2cccc(Cl)c2)c1Br. The summed E-state index contributed by atoms with van der Waals surface area (Å²) in [5.41, 5.74) is 3.34. The van der Waals surface area contributed by atoms with Crippen molar-refractivity contribution in [2.75, 3.05) is 0 Å². The molecule has 0 aliphatic heterocycles. The van der Waals surface area contributed by atoms with Crippen molar-refractivity contribution in [2.24, 2.45) is 7.05 Å². The van der Waals surface area contributed by atoms with Gasteiger partial charge >= 0.3 is 0 Å². The van der Waals surface area contributed by atoms with Crippen LogP contribution in [0.25, 0.3) is 0 Å². The molecule has 0 aliphatic rings. The van der Waals surface area contributed by atoms with E-state index in [4.69, 9.17) is 11.6 Å². The normalized spacial score (nSPS) is 12.7. The first-order chi connectivity index (χ1) is 8.99. The molecule has 0 bridgehead atoms. The van der Waals surface area contributed by atoms with Gasteiger partial charge in [-0.2, -0.15) is 5.10 Å². The summed E-state index contributed by atoms with van der Waals surface area (Å²) in [6.45, 7) is 4.88. The van der Waals surface area contributed by atoms with Gasteiger partial charge < -0.3 is 5.32 Å². The molecular weight excluding hydrogens is 326 g/mol. The smallest absolute Gasteiger partial charge is 0.0739 e. The van der Waals surface area contributed by atoms with E-state index in [1.54, 1.807) is 0 Å². The maximum atomic E-state index is 6.01. The highest BCUT2D eigenvalue weighted by Gasteiger charge is 2.12. The molecule has 1 atom stereocenters. The molecule has 3 nitrogen and oxygen atoms in total. The van der Waals surface area contributed by atoms with Gasteiger partial charge in [0.05, 0.1) is 15.9 Å². The van der Waals surface area contributed by atoms with E-state index in [2.05, 4.69) is 39.3 Å². The fourth-order valence-electron chi connectivity index (χ4n) is 2.02. The summed E-state index contributed by atoms with van der Waals surface area (Å²) in [6.07, 6.45) is 0. The third kappa shape index (κ3) is 3.38. The van der Waals surface area contributed by atoms with Gasteiger partial charge in [0.15, 0.2) is 0 Å². The molecule has 1 N–H and O–H groups in total. The van der Waals surface area contributed by atoms with E-state index in [0.717, 1.165) is 27.4 Å². The molecule has 0 unspecified atom stereocenters. The van der Waals surface area contributed by atoms with Crippen molar-refractivity contribution in [2.45, 2.75) is 26.4 Å². The molecule has 2 aromatic rings. The van der Waals surface area contributed by atoms with Crippen LogP contribution in [-0.4, -0.2) is 9.78 Å². The first-order valence-corrected chi connectivity index (χ1v) is 7.33. The Bertz CT molecular complexity index is 580. The summed E-state index contributed by atoms with van der Waals surface area (Å²) in [5, 5.41) is 8.64. The van der Waals surface area contributed by atoms with E-state index < -0.39 is 0 Å². The van der Waals surface area contributed by atoms with E-state index in [1.165, 1.54) is 5.56 Å². The highest BCUT2D eigenvalue weighted by Crippen LogP contribution is 2.22. The minimum atomic E-state index is 0.237. The number of aryl methyl sites for hydroxylation is 2. The Hall–Kier alpha value is -0.840. The summed E-state index contributed by atoms with van der Waals surface area (Å²) >= 11 is 9.59. The lowest BCUT2D eigenvalue weighted by molar-refractivity contribution is 0.547. The summed E-state index contributed by atoms with van der Waals surface area (Å²) in [7, 11) is 1.96. The Morgan fingerprint density at radius 1 is 1.47 bits per heavy atom. The second-order valence-electron chi connectivity index (χ2n) is 4.63. The molecule has 0 radical (unpaired) electrons. The zero-order chi connectivity index (χ0) is 14.0. The average molecular weight is 343 g/mol. The molecule has 1 heterocycles. The molecule has 0 fully saturated rings. The Labute approximate surface area is 127 Å². The van der Waals surface area contributed by atoms with Crippen molar-refractivity contribution in [3.05, 3.63) is 50.7 Å². The van der Waals surface area contributed by atoms with Crippen LogP contribution in [0.1, 0.15) is 29.9 Å². The van der Waals surface area contributed by atoms with Crippen molar-refractivity contribution >= 4 is 27.5 Å². The van der Waals surface area contributed by atoms with Crippen LogP contribution in [0, 0.1) is 6.92 Å². The van der Waals surface area contributed by atoms with Gasteiger partial charge in [0.2, 0.25) is 0 Å². The predicted molar refractivity (Wildman–Crippen MR) is 82.4 cm³/mol. The fourth-order valence-corrected chi connectivity index (χ4v) is 2.69. The van der Waals surface area contributed by atoms with E-state index in [0.29, 0.717) is 0 Å². The molecule has 1 aromatic carbocycles. The first kappa shape index (κ1) is 14.6. The van der Waals surface area contributed by atoms with Gasteiger partial charge in [-0.05, 0) is 47.5 Å². The Kier molecular flexibility index (Phi) is 4.66. The van der Waals surface area contributed by atoms with E-state index in [1.807, 2.05) is 36.9 Å². The zero-order valence-electron chi connectivity index (χ0n) is 11.2. The molecule has 0 saturated heterocycles. The summed E-state index contributed by atoms with van der Waals surface area (Å²) < 4.78 is 2.97. The van der Waals surface area contributed by atoms with Crippen LogP contribution in [0.4, 0.5) is 0 Å². The van der Waals surface area contributed by atoms with Crippen molar-refractivity contribution in [3.8, 4) is 0 Å². The highest BCUT2D eigenvalue weighted by atomic mass is 79.9. The molecule has 1 aromatic heterocycles. The largest absolute Gasteiger partial charge is 0.305 e. The second-order valence-corrected chi connectivity index (χ2v) is 5.86. The maximum absolute atomic E-state index is 6.01. The topological polar surface area (TPSA) is 29.9 Å². The van der Waals surface area contributed by atoms with Crippen LogP contribution in [0.3, 0.4) is 0 Å². The molecule has 5 heteroatoms. The first-order valence-electron chi connectivity index (χ1n) is 6.16. The number of nitrogens with one attached hydrogen (secondary N) is 1. The zero-order valence-corrected chi connectivity index (χ0v) is 13.6. The molecule has 2 rings (SSSR count). The quantitative estimate of drug-likeness (QED) is 0.910. The number of rotatable bonds is 4. The number of hydrogen-bond acceptors (Lipinski definition) is 2. The lowest BCUT2D eigenvalue weighted by Gasteiger charge is -2.15. The number of benzene rings is 1. The van der Waals surface area contributed by atoms with E-state index in [-0.39, 0.29) is 6.04 Å². The molecular formula is C14H17BrClN3. The molecule has 0 saturated carbocycles. The van der Waals surface area contributed by atoms with Crippen molar-refractivity contribution in [1.29, 1.82) is 0 Å². The van der Waals surface area contributed by atoms with E-state index in [9.17, 15) is 0 Å². The summed E-state index contributed by atoms with van der Waals surface area (Å²) in [5.74, 6) is 0. The third-order valence-corrected chi connectivity index (χ3v) is 4.45. The fraction of sp³-hybridized carbons (Fsp3) is 0.357. The van der Waals surface area contributed by atoms with Crippen LogP contribution in [0.15, 0.2) is 28.7 Å². The molecule has 0 amide bonds. The number of hydrogen-bond donors (Lipinski definition) is 1. The van der Waals surface area contributed by atoms with Gasteiger partial charge in [-0.1, -0.05) is 23.7 Å². The molecule has 0 spiro atoms. The van der Waals surface area contributed by atoms with Gasteiger partial charge in [0.25, 0.3) is 0 Å². The highest BCUT2D eigenvalue weighted by molar-refractivity contribution is 9.10. The van der Waals surface area contributed by atoms with Gasteiger partial charge in [-0.15, -0.1) is 0 Å². The van der Waals surface area contributed by atoms with Crippen molar-refractivity contribution in [1.82, 2.24) is 15.1 Å². The lowest BCUT2D eigenvalue weighted by atomic mass is 10.1. The monoisotopic (exact) mass is 341 g/mol. The minimum absolute atomic E-state index is 0.237. The molecule has 102 valence electrons. The Morgan fingerprint density at radius 2 is 2.21 bits per heavy atom. The van der Waals surface area contributed by atoms with Crippen LogP contribution < -0.4 is 5.32 Å². The minimum Gasteiger partial charge on any atom is -0.305 e. The second kappa shape index (κ2) is 6.07. The molecule has 19 heavy (non-hydrogen) atoms. The summed E-state index contributed by atoms with van der Waals surface area (Å²) in [6, 6.07) is 8.16. The number of halogens is 2. The maximum Gasteiger partial charge on any atom is 0.0739 e. The van der Waals surface area contributed by atoms with E-state index >= 15 is 0 Å². The number of aromatic nitrogens is 2. The van der Waals surface area contributed by atoms with Gasteiger partial charge in [-0.3, -0.25) is 4.68 Å². The van der Waals surface area contributed by atoms with Crippen molar-refractivity contribution in [3.63, 3.8) is 0 Å². The summed E-state index contributed by atoms with van der Waals surface area (Å²) in [4.78, 5) is 0. The Balaban J connectivity index is 2.06. The van der Waals surface area contributed by atoms with Gasteiger partial charge in [-0.25, -0.2) is 0 Å². The molecule has 0 aliphatic carbocycles. The van der Waals surface area contributed by atoms with Crippen LogP contribution in [0.5, 0.6) is 0 Å². The van der Waals surface area contributed by atoms with Crippen LogP contribution in [0.2, 0.25) is 5.02 Å². The Morgan fingerprint density at radius 3 is 2.79 bits per heavy atom.